The molecule has 0 spiro atoms. The second-order valence-corrected chi connectivity index (χ2v) is 8.66. The van der Waals surface area contributed by atoms with Gasteiger partial charge in [-0.15, -0.1) is 0 Å². The SMILES string of the molecule is CCN(CC)S(=O)(=O)c1ccc(O)c(NC(=O)C(=O)c2c(C)[nH]c3ccccc23)c1. The highest BCUT2D eigenvalue weighted by Gasteiger charge is 2.26. The number of carbonyl (C=O) groups is 2. The summed E-state index contributed by atoms with van der Waals surface area (Å²) in [5, 5.41) is 13.1. The number of aryl methyl sites for hydroxylation is 1. The highest BCUT2D eigenvalue weighted by atomic mass is 32.2. The van der Waals surface area contributed by atoms with Gasteiger partial charge in [0, 0.05) is 29.7 Å². The number of fused-ring (bicyclic) bond motifs is 1. The largest absolute Gasteiger partial charge is 0.506 e. The fraction of sp³-hybridized carbons (Fsp3) is 0.238. The summed E-state index contributed by atoms with van der Waals surface area (Å²) in [5.74, 6) is -2.11. The van der Waals surface area contributed by atoms with E-state index in [1.807, 2.05) is 6.07 Å². The molecule has 0 aliphatic rings. The Morgan fingerprint density at radius 2 is 1.77 bits per heavy atom. The molecule has 0 saturated carbocycles. The van der Waals surface area contributed by atoms with Crippen LogP contribution in [-0.4, -0.2) is 47.6 Å². The number of hydrogen-bond donors (Lipinski definition) is 3. The molecule has 0 aliphatic heterocycles. The Morgan fingerprint density at radius 3 is 2.43 bits per heavy atom. The average molecular weight is 429 g/mol. The summed E-state index contributed by atoms with van der Waals surface area (Å²) in [6.07, 6.45) is 0. The summed E-state index contributed by atoms with van der Waals surface area (Å²) in [4.78, 5) is 28.4. The lowest BCUT2D eigenvalue weighted by molar-refractivity contribution is -0.112. The van der Waals surface area contributed by atoms with Gasteiger partial charge in [-0.2, -0.15) is 4.31 Å². The van der Waals surface area contributed by atoms with Gasteiger partial charge in [0.25, 0.3) is 11.7 Å². The number of nitrogens with zero attached hydrogens (tertiary/aromatic N) is 1. The topological polar surface area (TPSA) is 120 Å². The molecule has 0 radical (unpaired) electrons. The van der Waals surface area contributed by atoms with Crippen LogP contribution in [0, 0.1) is 6.92 Å². The number of hydrogen-bond acceptors (Lipinski definition) is 5. The molecule has 0 fully saturated rings. The van der Waals surface area contributed by atoms with Gasteiger partial charge in [-0.05, 0) is 31.2 Å². The van der Waals surface area contributed by atoms with Crippen LogP contribution in [0.1, 0.15) is 29.9 Å². The molecule has 30 heavy (non-hydrogen) atoms. The number of aromatic nitrogens is 1. The van der Waals surface area contributed by atoms with Crippen molar-refractivity contribution < 1.29 is 23.1 Å². The summed E-state index contributed by atoms with van der Waals surface area (Å²) in [5.41, 5.74) is 1.34. The van der Waals surface area contributed by atoms with Gasteiger partial charge < -0.3 is 15.4 Å². The van der Waals surface area contributed by atoms with Gasteiger partial charge in [0.1, 0.15) is 5.75 Å². The van der Waals surface area contributed by atoms with Crippen LogP contribution >= 0.6 is 0 Å². The van der Waals surface area contributed by atoms with E-state index in [0.717, 1.165) is 11.6 Å². The molecule has 1 amide bonds. The first-order valence-electron chi connectivity index (χ1n) is 9.46. The van der Waals surface area contributed by atoms with Crippen molar-refractivity contribution in [2.45, 2.75) is 25.7 Å². The molecule has 0 atom stereocenters. The zero-order chi connectivity index (χ0) is 22.1. The Kier molecular flexibility index (Phi) is 5.95. The molecular weight excluding hydrogens is 406 g/mol. The maximum absolute atomic E-state index is 12.8. The summed E-state index contributed by atoms with van der Waals surface area (Å²) in [6.45, 7) is 5.67. The van der Waals surface area contributed by atoms with Gasteiger partial charge in [0.15, 0.2) is 0 Å². The van der Waals surface area contributed by atoms with Crippen molar-refractivity contribution in [3.05, 3.63) is 53.7 Å². The minimum atomic E-state index is -3.79. The number of H-pyrrole nitrogens is 1. The van der Waals surface area contributed by atoms with Gasteiger partial charge in [0.2, 0.25) is 10.0 Å². The minimum Gasteiger partial charge on any atom is -0.506 e. The summed E-state index contributed by atoms with van der Waals surface area (Å²) >= 11 is 0. The number of carbonyl (C=O) groups excluding carboxylic acids is 2. The van der Waals surface area contributed by atoms with Crippen LogP contribution in [0.5, 0.6) is 5.75 Å². The number of phenols is 1. The standard InChI is InChI=1S/C21H23N3O5S/c1-4-24(5-2)30(28,29)14-10-11-18(25)17(12-14)23-21(27)20(26)19-13(3)22-16-9-7-6-8-15(16)19/h6-12,22,25H,4-5H2,1-3H3,(H,23,27). The van der Waals surface area contributed by atoms with Crippen LogP contribution in [0.25, 0.3) is 10.9 Å². The number of Topliss-reactive ketones (excluding diaryl/α,β-unsaturated/α-hetero) is 1. The predicted octanol–water partition coefficient (Wildman–Crippen LogP) is 3.03. The van der Waals surface area contributed by atoms with Gasteiger partial charge in [0.05, 0.1) is 16.1 Å². The number of aromatic hydroxyl groups is 1. The van der Waals surface area contributed by atoms with Crippen molar-refractivity contribution in [3.8, 4) is 5.75 Å². The number of sulfonamides is 1. The molecule has 9 heteroatoms. The molecule has 3 aromatic rings. The maximum atomic E-state index is 12.8. The summed E-state index contributed by atoms with van der Waals surface area (Å²) in [6, 6.07) is 10.7. The van der Waals surface area contributed by atoms with E-state index in [-0.39, 0.29) is 35.0 Å². The van der Waals surface area contributed by atoms with Gasteiger partial charge >= 0.3 is 0 Å². The second kappa shape index (κ2) is 8.29. The first kappa shape index (κ1) is 21.5. The smallest absolute Gasteiger partial charge is 0.296 e. The van der Waals surface area contributed by atoms with Gasteiger partial charge in [-0.3, -0.25) is 9.59 Å². The third-order valence-electron chi connectivity index (χ3n) is 4.89. The predicted molar refractivity (Wildman–Crippen MR) is 114 cm³/mol. The summed E-state index contributed by atoms with van der Waals surface area (Å²) < 4.78 is 26.7. The van der Waals surface area contributed by atoms with E-state index in [4.69, 9.17) is 0 Å². The number of phenolic OH excluding ortho intramolecular Hbond substituents is 1. The van der Waals surface area contributed by atoms with Crippen molar-refractivity contribution in [2.75, 3.05) is 18.4 Å². The third-order valence-corrected chi connectivity index (χ3v) is 6.93. The lowest BCUT2D eigenvalue weighted by atomic mass is 10.1. The second-order valence-electron chi connectivity index (χ2n) is 6.72. The van der Waals surface area contributed by atoms with Gasteiger partial charge in [-0.1, -0.05) is 32.0 Å². The number of ketones is 1. The van der Waals surface area contributed by atoms with Crippen molar-refractivity contribution >= 4 is 38.3 Å². The van der Waals surface area contributed by atoms with Crippen LogP contribution in [0.4, 0.5) is 5.69 Å². The molecule has 0 bridgehead atoms. The molecule has 8 nitrogen and oxygen atoms in total. The third kappa shape index (κ3) is 3.81. The lowest BCUT2D eigenvalue weighted by Gasteiger charge is -2.19. The average Bonchev–Trinajstić information content (AvgIpc) is 3.05. The van der Waals surface area contributed by atoms with E-state index in [9.17, 15) is 23.1 Å². The van der Waals surface area contributed by atoms with Crippen molar-refractivity contribution in [2.24, 2.45) is 0 Å². The zero-order valence-corrected chi connectivity index (χ0v) is 17.7. The number of nitrogens with one attached hydrogen (secondary N) is 2. The number of aromatic amines is 1. The molecule has 0 aliphatic carbocycles. The number of anilines is 1. The normalized spacial score (nSPS) is 11.7. The molecule has 2 aromatic carbocycles. The number of benzene rings is 2. The van der Waals surface area contributed by atoms with Crippen LogP contribution in [-0.2, 0) is 14.8 Å². The fourth-order valence-corrected chi connectivity index (χ4v) is 4.83. The Hall–Kier alpha value is -3.17. The van der Waals surface area contributed by atoms with E-state index >= 15 is 0 Å². The van der Waals surface area contributed by atoms with Gasteiger partial charge in [-0.25, -0.2) is 8.42 Å². The van der Waals surface area contributed by atoms with Crippen molar-refractivity contribution in [3.63, 3.8) is 0 Å². The van der Waals surface area contributed by atoms with Crippen LogP contribution in [0.15, 0.2) is 47.4 Å². The molecule has 3 N–H and O–H groups in total. The first-order chi connectivity index (χ1) is 14.2. The molecule has 0 unspecified atom stereocenters. The van der Waals surface area contributed by atoms with Crippen LogP contribution < -0.4 is 5.32 Å². The van der Waals surface area contributed by atoms with E-state index < -0.39 is 21.7 Å². The van der Waals surface area contributed by atoms with Crippen molar-refractivity contribution in [1.29, 1.82) is 0 Å². The monoisotopic (exact) mass is 429 g/mol. The first-order valence-corrected chi connectivity index (χ1v) is 10.9. The number of amides is 1. The molecule has 1 aromatic heterocycles. The maximum Gasteiger partial charge on any atom is 0.296 e. The molecule has 1 heterocycles. The molecule has 0 saturated heterocycles. The molecule has 3 rings (SSSR count). The van der Waals surface area contributed by atoms with E-state index in [2.05, 4.69) is 10.3 Å². The highest BCUT2D eigenvalue weighted by Crippen LogP contribution is 2.29. The van der Waals surface area contributed by atoms with E-state index in [1.54, 1.807) is 39.0 Å². The highest BCUT2D eigenvalue weighted by molar-refractivity contribution is 7.89. The molecular formula is C21H23N3O5S. The quantitative estimate of drug-likeness (QED) is 0.303. The zero-order valence-electron chi connectivity index (χ0n) is 16.9. The number of rotatable bonds is 7. The van der Waals surface area contributed by atoms with Crippen LogP contribution in [0.3, 0.4) is 0 Å². The van der Waals surface area contributed by atoms with Crippen molar-refractivity contribution in [1.82, 2.24) is 9.29 Å². The van der Waals surface area contributed by atoms with Crippen LogP contribution in [0.2, 0.25) is 0 Å². The minimum absolute atomic E-state index is 0.0879. The Labute approximate surface area is 174 Å². The Balaban J connectivity index is 1.93. The Bertz CT molecular complexity index is 1230. The summed E-state index contributed by atoms with van der Waals surface area (Å²) in [7, 11) is -3.79. The molecule has 158 valence electrons. The number of para-hydroxylation sites is 1. The Morgan fingerprint density at radius 1 is 1.10 bits per heavy atom. The lowest BCUT2D eigenvalue weighted by Crippen LogP contribution is -2.30. The van der Waals surface area contributed by atoms with E-state index in [0.29, 0.717) is 11.1 Å². The fourth-order valence-electron chi connectivity index (χ4n) is 3.35. The van der Waals surface area contributed by atoms with E-state index in [1.165, 1.54) is 16.4 Å².